The van der Waals surface area contributed by atoms with E-state index in [9.17, 15) is 14.4 Å². The van der Waals surface area contributed by atoms with Crippen molar-refractivity contribution in [3.63, 3.8) is 0 Å². The molecule has 0 unspecified atom stereocenters. The van der Waals surface area contributed by atoms with Gasteiger partial charge in [0.05, 0.1) is 0 Å². The first kappa shape index (κ1) is 22.0. The highest BCUT2D eigenvalue weighted by atomic mass is 16.6. The van der Waals surface area contributed by atoms with Gasteiger partial charge >= 0.3 is 17.9 Å². The molecule has 7 heteroatoms. The second kappa shape index (κ2) is 10.4. The summed E-state index contributed by atoms with van der Waals surface area (Å²) in [6.07, 6.45) is 2.77. The quantitative estimate of drug-likeness (QED) is 0.374. The highest BCUT2D eigenvalue weighted by Crippen LogP contribution is 2.29. The zero-order valence-electron chi connectivity index (χ0n) is 17.9. The smallest absolute Gasteiger partial charge is 0.324 e. The van der Waals surface area contributed by atoms with Gasteiger partial charge in [-0.15, -0.1) is 0 Å². The van der Waals surface area contributed by atoms with Crippen molar-refractivity contribution in [1.29, 1.82) is 0 Å². The van der Waals surface area contributed by atoms with Crippen LogP contribution in [0.3, 0.4) is 0 Å². The number of carbonyl (C=O) groups is 3. The van der Waals surface area contributed by atoms with Crippen molar-refractivity contribution >= 4 is 17.9 Å². The number of benzene rings is 2. The number of esters is 3. The van der Waals surface area contributed by atoms with Crippen LogP contribution in [-0.4, -0.2) is 48.0 Å². The molecule has 168 valence electrons. The fourth-order valence-corrected chi connectivity index (χ4v) is 4.29. The van der Waals surface area contributed by atoms with E-state index in [0.717, 1.165) is 30.4 Å². The number of ether oxygens (including phenoxy) is 3. The Morgan fingerprint density at radius 2 is 1.47 bits per heavy atom. The van der Waals surface area contributed by atoms with Crippen molar-refractivity contribution in [2.24, 2.45) is 5.92 Å². The van der Waals surface area contributed by atoms with E-state index in [4.69, 9.17) is 14.2 Å². The van der Waals surface area contributed by atoms with Gasteiger partial charge in [0.15, 0.2) is 5.92 Å². The number of piperidine rings is 1. The van der Waals surface area contributed by atoms with Crippen LogP contribution in [0.1, 0.15) is 30.4 Å². The Kier molecular flexibility index (Phi) is 7.17. The van der Waals surface area contributed by atoms with Gasteiger partial charge in [0.25, 0.3) is 0 Å². The van der Waals surface area contributed by atoms with Crippen LogP contribution >= 0.6 is 0 Å². The van der Waals surface area contributed by atoms with E-state index in [1.54, 1.807) is 0 Å². The second-order valence-electron chi connectivity index (χ2n) is 8.13. The predicted octanol–water partition coefficient (Wildman–Crippen LogP) is 2.87. The normalized spacial score (nSPS) is 20.8. The Morgan fingerprint density at radius 1 is 0.906 bits per heavy atom. The number of carbonyl (C=O) groups excluding carboxylic acids is 3. The molecule has 2 aliphatic heterocycles. The summed E-state index contributed by atoms with van der Waals surface area (Å²) in [7, 11) is 0. The van der Waals surface area contributed by atoms with Crippen molar-refractivity contribution in [3.8, 4) is 0 Å². The first-order valence-electron chi connectivity index (χ1n) is 11.0. The van der Waals surface area contributed by atoms with Crippen molar-refractivity contribution in [3.05, 3.63) is 71.8 Å². The lowest BCUT2D eigenvalue weighted by atomic mass is 9.91. The first-order valence-corrected chi connectivity index (χ1v) is 11.0. The topological polar surface area (TPSA) is 82.1 Å². The molecule has 4 rings (SSSR count). The van der Waals surface area contributed by atoms with Crippen molar-refractivity contribution in [1.82, 2.24) is 4.90 Å². The fourth-order valence-electron chi connectivity index (χ4n) is 4.29. The lowest BCUT2D eigenvalue weighted by Crippen LogP contribution is -2.62. The Labute approximate surface area is 187 Å². The van der Waals surface area contributed by atoms with Gasteiger partial charge in [-0.25, -0.2) is 0 Å². The zero-order valence-corrected chi connectivity index (χ0v) is 17.9. The molecule has 0 amide bonds. The molecule has 7 nitrogen and oxygen atoms in total. The number of hydrogen-bond acceptors (Lipinski definition) is 7. The fraction of sp³-hybridized carbons (Fsp3) is 0.400. The van der Waals surface area contributed by atoms with Gasteiger partial charge in [0.2, 0.25) is 0 Å². The highest BCUT2D eigenvalue weighted by molar-refractivity contribution is 6.00. The van der Waals surface area contributed by atoms with Crippen LogP contribution in [0.5, 0.6) is 0 Å². The molecule has 0 bridgehead atoms. The van der Waals surface area contributed by atoms with Gasteiger partial charge in [-0.05, 0) is 30.5 Å². The van der Waals surface area contributed by atoms with Crippen molar-refractivity contribution in [2.45, 2.75) is 44.6 Å². The number of morpholine rings is 1. The van der Waals surface area contributed by atoms with Gasteiger partial charge < -0.3 is 14.2 Å². The molecule has 0 N–H and O–H groups in total. The monoisotopic (exact) mass is 437 g/mol. The van der Waals surface area contributed by atoms with E-state index >= 15 is 0 Å². The lowest BCUT2D eigenvalue weighted by molar-refractivity contribution is -0.184. The van der Waals surface area contributed by atoms with Gasteiger partial charge in [-0.2, -0.15) is 0 Å². The zero-order chi connectivity index (χ0) is 22.3. The van der Waals surface area contributed by atoms with Gasteiger partial charge in [0.1, 0.15) is 25.9 Å². The third kappa shape index (κ3) is 5.16. The van der Waals surface area contributed by atoms with Gasteiger partial charge in [-0.3, -0.25) is 19.3 Å². The number of cyclic esters (lactones) is 1. The molecule has 0 radical (unpaired) electrons. The Morgan fingerprint density at radius 3 is 2.03 bits per heavy atom. The van der Waals surface area contributed by atoms with Crippen LogP contribution < -0.4 is 0 Å². The Bertz CT molecular complexity index is 876. The SMILES string of the molecule is O=C(OCc1ccccc1)C(C(=O)OCc1ccccc1)[C@@H]1C(=O)OC[C@@H]2CCCCN21. The summed E-state index contributed by atoms with van der Waals surface area (Å²) in [5, 5.41) is 0. The summed E-state index contributed by atoms with van der Waals surface area (Å²) >= 11 is 0. The van der Waals surface area contributed by atoms with Crippen LogP contribution in [0.4, 0.5) is 0 Å². The summed E-state index contributed by atoms with van der Waals surface area (Å²) in [5.41, 5.74) is 1.58. The largest absolute Gasteiger partial charge is 0.463 e. The molecule has 0 aromatic heterocycles. The molecule has 2 aromatic carbocycles. The third-order valence-corrected chi connectivity index (χ3v) is 5.96. The van der Waals surface area contributed by atoms with Crippen LogP contribution in [0.15, 0.2) is 60.7 Å². The summed E-state index contributed by atoms with van der Waals surface area (Å²) in [5.74, 6) is -3.54. The van der Waals surface area contributed by atoms with Crippen molar-refractivity contribution < 1.29 is 28.6 Å². The Hall–Kier alpha value is -3.19. The molecule has 32 heavy (non-hydrogen) atoms. The molecule has 2 saturated heterocycles. The van der Waals surface area contributed by atoms with E-state index in [-0.39, 0.29) is 25.9 Å². The first-order chi connectivity index (χ1) is 15.6. The van der Waals surface area contributed by atoms with E-state index in [0.29, 0.717) is 6.54 Å². The average Bonchev–Trinajstić information content (AvgIpc) is 2.84. The molecule has 0 spiro atoms. The highest BCUT2D eigenvalue weighted by Gasteiger charge is 2.50. The van der Waals surface area contributed by atoms with E-state index in [2.05, 4.69) is 0 Å². The minimum atomic E-state index is -1.41. The summed E-state index contributed by atoms with van der Waals surface area (Å²) in [4.78, 5) is 41.0. The third-order valence-electron chi connectivity index (χ3n) is 5.96. The van der Waals surface area contributed by atoms with Crippen LogP contribution in [-0.2, 0) is 41.8 Å². The number of rotatable bonds is 7. The van der Waals surface area contributed by atoms with Crippen LogP contribution in [0.2, 0.25) is 0 Å². The predicted molar refractivity (Wildman–Crippen MR) is 115 cm³/mol. The maximum atomic E-state index is 13.1. The molecular formula is C25H27NO6. The van der Waals surface area contributed by atoms with Crippen molar-refractivity contribution in [2.75, 3.05) is 13.2 Å². The minimum Gasteiger partial charge on any atom is -0.463 e. The standard InChI is InChI=1S/C25H27NO6/c27-23(30-15-18-9-3-1-4-10-18)21(24(28)31-16-19-11-5-2-6-12-19)22-25(29)32-17-20-13-7-8-14-26(20)22/h1-6,9-12,20-22H,7-8,13-17H2/t20-,22+/m0/s1. The molecular weight excluding hydrogens is 410 g/mol. The summed E-state index contributed by atoms with van der Waals surface area (Å²) in [6.45, 7) is 0.916. The van der Waals surface area contributed by atoms with E-state index in [1.165, 1.54) is 0 Å². The van der Waals surface area contributed by atoms with Crippen LogP contribution in [0.25, 0.3) is 0 Å². The molecule has 0 saturated carbocycles. The summed E-state index contributed by atoms with van der Waals surface area (Å²) < 4.78 is 16.3. The number of fused-ring (bicyclic) bond motifs is 1. The molecule has 2 fully saturated rings. The van der Waals surface area contributed by atoms with Crippen LogP contribution in [0, 0.1) is 5.92 Å². The maximum Gasteiger partial charge on any atom is 0.324 e. The van der Waals surface area contributed by atoms with E-state index in [1.807, 2.05) is 65.6 Å². The Balaban J connectivity index is 1.54. The van der Waals surface area contributed by atoms with E-state index < -0.39 is 29.9 Å². The maximum absolute atomic E-state index is 13.1. The molecule has 2 heterocycles. The minimum absolute atomic E-state index is 0.00204. The molecule has 2 aliphatic rings. The number of nitrogens with zero attached hydrogens (tertiary/aromatic N) is 1. The molecule has 0 aliphatic carbocycles. The molecule has 2 aromatic rings. The molecule has 2 atom stereocenters. The van der Waals surface area contributed by atoms with Gasteiger partial charge in [-0.1, -0.05) is 67.1 Å². The second-order valence-corrected chi connectivity index (χ2v) is 8.13. The lowest BCUT2D eigenvalue weighted by Gasteiger charge is -2.44. The summed E-state index contributed by atoms with van der Waals surface area (Å²) in [6, 6.07) is 17.3. The average molecular weight is 437 g/mol. The number of hydrogen-bond donors (Lipinski definition) is 0. The van der Waals surface area contributed by atoms with Gasteiger partial charge in [0, 0.05) is 6.04 Å².